The molecule has 1 amide bonds. The van der Waals surface area contributed by atoms with Crippen molar-refractivity contribution >= 4 is 11.9 Å². The summed E-state index contributed by atoms with van der Waals surface area (Å²) >= 11 is 0. The van der Waals surface area contributed by atoms with Crippen molar-refractivity contribution in [2.75, 3.05) is 32.1 Å². The minimum atomic E-state index is -0.308. The van der Waals surface area contributed by atoms with E-state index in [-0.39, 0.29) is 24.1 Å². The maximum absolute atomic E-state index is 13.9. The molecule has 0 bridgehead atoms. The van der Waals surface area contributed by atoms with Gasteiger partial charge >= 0.3 is 0 Å². The Labute approximate surface area is 180 Å². The molecule has 1 aliphatic heterocycles. The number of hydrogen-bond donors (Lipinski definition) is 0. The Hall–Kier alpha value is -3.36. The van der Waals surface area contributed by atoms with Crippen LogP contribution in [-0.2, 0) is 11.2 Å². The van der Waals surface area contributed by atoms with E-state index < -0.39 is 0 Å². The summed E-state index contributed by atoms with van der Waals surface area (Å²) in [6.45, 7) is 2.99. The minimum absolute atomic E-state index is 0.0160. The standard InChI is InChI=1S/C22H25FN6O2/c1-14-19(27-31-26-14)11-20(30)29-9-5-7-16(13-29)21-18(12-24-22(25-21)28(2)3)15-6-4-8-17(23)10-15/h4,6,8,10,12,16H,5,7,9,11,13H2,1-3H3/t16-/m0/s1. The number of hydrogen-bond acceptors (Lipinski definition) is 7. The molecule has 1 saturated heterocycles. The van der Waals surface area contributed by atoms with E-state index in [9.17, 15) is 9.18 Å². The second-order valence-corrected chi connectivity index (χ2v) is 8.03. The van der Waals surface area contributed by atoms with Crippen LogP contribution in [0.3, 0.4) is 0 Å². The molecule has 31 heavy (non-hydrogen) atoms. The molecule has 1 fully saturated rings. The summed E-state index contributed by atoms with van der Waals surface area (Å²) in [5, 5.41) is 7.57. The number of likely N-dealkylation sites (tertiary alicyclic amines) is 1. The number of rotatable bonds is 5. The lowest BCUT2D eigenvalue weighted by Gasteiger charge is -2.33. The highest BCUT2D eigenvalue weighted by atomic mass is 19.1. The number of carbonyl (C=O) groups is 1. The highest BCUT2D eigenvalue weighted by molar-refractivity contribution is 5.78. The number of aryl methyl sites for hydroxylation is 1. The van der Waals surface area contributed by atoms with E-state index in [1.54, 1.807) is 19.2 Å². The molecule has 2 aromatic heterocycles. The highest BCUT2D eigenvalue weighted by Gasteiger charge is 2.29. The number of halogens is 1. The third-order valence-electron chi connectivity index (χ3n) is 5.57. The number of piperidine rings is 1. The molecule has 3 aromatic rings. The molecule has 0 unspecified atom stereocenters. The van der Waals surface area contributed by atoms with E-state index in [4.69, 9.17) is 9.61 Å². The van der Waals surface area contributed by atoms with Crippen molar-refractivity contribution in [3.8, 4) is 11.1 Å². The maximum atomic E-state index is 13.9. The molecule has 3 heterocycles. The Morgan fingerprint density at radius 2 is 2.16 bits per heavy atom. The molecule has 1 aromatic carbocycles. The summed E-state index contributed by atoms with van der Waals surface area (Å²) in [5.41, 5.74) is 3.54. The molecule has 1 aliphatic rings. The van der Waals surface area contributed by atoms with Crippen molar-refractivity contribution in [1.82, 2.24) is 25.2 Å². The van der Waals surface area contributed by atoms with E-state index in [1.165, 1.54) is 12.1 Å². The summed E-state index contributed by atoms with van der Waals surface area (Å²) in [5.74, 6) is 0.284. The van der Waals surface area contributed by atoms with Crippen molar-refractivity contribution in [2.24, 2.45) is 0 Å². The molecule has 0 saturated carbocycles. The van der Waals surface area contributed by atoms with Crippen LogP contribution in [0.2, 0.25) is 0 Å². The number of amides is 1. The Bertz CT molecular complexity index is 1080. The largest absolute Gasteiger partial charge is 0.347 e. The van der Waals surface area contributed by atoms with Crippen molar-refractivity contribution in [2.45, 2.75) is 32.1 Å². The van der Waals surface area contributed by atoms with Gasteiger partial charge in [0.15, 0.2) is 0 Å². The van der Waals surface area contributed by atoms with Crippen LogP contribution in [0.5, 0.6) is 0 Å². The molecule has 9 heteroatoms. The van der Waals surface area contributed by atoms with E-state index >= 15 is 0 Å². The summed E-state index contributed by atoms with van der Waals surface area (Å²) in [7, 11) is 3.76. The zero-order valence-electron chi connectivity index (χ0n) is 17.9. The number of benzene rings is 1. The van der Waals surface area contributed by atoms with Crippen LogP contribution in [-0.4, -0.2) is 58.3 Å². The summed E-state index contributed by atoms with van der Waals surface area (Å²) < 4.78 is 18.6. The Kier molecular flexibility index (Phi) is 5.92. The first-order valence-electron chi connectivity index (χ1n) is 10.3. The molecule has 1 atom stereocenters. The predicted octanol–water partition coefficient (Wildman–Crippen LogP) is 2.99. The van der Waals surface area contributed by atoms with Gasteiger partial charge < -0.3 is 9.80 Å². The lowest BCUT2D eigenvalue weighted by Crippen LogP contribution is -2.40. The van der Waals surface area contributed by atoms with Crippen LogP contribution in [0.25, 0.3) is 11.1 Å². The third kappa shape index (κ3) is 4.55. The van der Waals surface area contributed by atoms with Gasteiger partial charge in [0, 0.05) is 44.9 Å². The minimum Gasteiger partial charge on any atom is -0.347 e. The van der Waals surface area contributed by atoms with Crippen molar-refractivity contribution in [3.05, 3.63) is 53.4 Å². The molecule has 162 valence electrons. The molecule has 0 radical (unpaired) electrons. The average molecular weight is 424 g/mol. The summed E-state index contributed by atoms with van der Waals surface area (Å²) in [4.78, 5) is 25.8. The first kappa shape index (κ1) is 20.9. The quantitative estimate of drug-likeness (QED) is 0.622. The van der Waals surface area contributed by atoms with Crippen LogP contribution in [0.1, 0.15) is 35.8 Å². The van der Waals surface area contributed by atoms with Gasteiger partial charge in [-0.05, 0) is 37.5 Å². The van der Waals surface area contributed by atoms with Crippen LogP contribution >= 0.6 is 0 Å². The first-order chi connectivity index (χ1) is 14.9. The first-order valence-corrected chi connectivity index (χ1v) is 10.3. The van der Waals surface area contributed by atoms with Crippen LogP contribution in [0, 0.1) is 12.7 Å². The normalized spacial score (nSPS) is 16.4. The lowest BCUT2D eigenvalue weighted by atomic mass is 9.89. The number of nitrogens with zero attached hydrogens (tertiary/aromatic N) is 6. The van der Waals surface area contributed by atoms with E-state index in [0.717, 1.165) is 29.7 Å². The second kappa shape index (κ2) is 8.79. The smallest absolute Gasteiger partial charge is 0.228 e. The predicted molar refractivity (Wildman–Crippen MR) is 113 cm³/mol. The van der Waals surface area contributed by atoms with Crippen molar-refractivity contribution < 1.29 is 13.8 Å². The van der Waals surface area contributed by atoms with Crippen molar-refractivity contribution in [1.29, 1.82) is 0 Å². The Balaban J connectivity index is 1.63. The van der Waals surface area contributed by atoms with Gasteiger partial charge in [0.2, 0.25) is 11.9 Å². The topological polar surface area (TPSA) is 88.2 Å². The molecule has 4 rings (SSSR count). The molecule has 0 spiro atoms. The monoisotopic (exact) mass is 424 g/mol. The van der Waals surface area contributed by atoms with Gasteiger partial charge in [0.25, 0.3) is 0 Å². The molecular formula is C22H25FN6O2. The fourth-order valence-electron chi connectivity index (χ4n) is 3.88. The third-order valence-corrected chi connectivity index (χ3v) is 5.57. The van der Waals surface area contributed by atoms with Crippen molar-refractivity contribution in [3.63, 3.8) is 0 Å². The van der Waals surface area contributed by atoms with E-state index in [2.05, 4.69) is 15.3 Å². The Morgan fingerprint density at radius 1 is 1.32 bits per heavy atom. The molecule has 0 aliphatic carbocycles. The van der Waals surface area contributed by atoms with Crippen LogP contribution in [0.15, 0.2) is 35.1 Å². The number of aromatic nitrogens is 4. The zero-order valence-corrected chi connectivity index (χ0v) is 17.9. The number of carbonyl (C=O) groups excluding carboxylic acids is 1. The van der Waals surface area contributed by atoms with E-state index in [1.807, 2.05) is 30.0 Å². The highest BCUT2D eigenvalue weighted by Crippen LogP contribution is 2.34. The van der Waals surface area contributed by atoms with Gasteiger partial charge in [-0.1, -0.05) is 22.4 Å². The second-order valence-electron chi connectivity index (χ2n) is 8.03. The fourth-order valence-corrected chi connectivity index (χ4v) is 3.88. The van der Waals surface area contributed by atoms with Gasteiger partial charge in [-0.25, -0.2) is 19.0 Å². The van der Waals surface area contributed by atoms with Gasteiger partial charge in [0.1, 0.15) is 17.2 Å². The summed E-state index contributed by atoms with van der Waals surface area (Å²) in [6.07, 6.45) is 3.65. The summed E-state index contributed by atoms with van der Waals surface area (Å²) in [6, 6.07) is 6.44. The fraction of sp³-hybridized carbons (Fsp3) is 0.409. The SMILES string of the molecule is Cc1nonc1CC(=O)N1CCC[C@H](c2nc(N(C)C)ncc2-c2cccc(F)c2)C1. The van der Waals surface area contributed by atoms with Gasteiger partial charge in [-0.2, -0.15) is 0 Å². The Morgan fingerprint density at radius 3 is 2.87 bits per heavy atom. The van der Waals surface area contributed by atoms with E-state index in [0.29, 0.717) is 30.4 Å². The average Bonchev–Trinajstić information content (AvgIpc) is 3.17. The van der Waals surface area contributed by atoms with Gasteiger partial charge in [-0.3, -0.25) is 4.79 Å². The molecule has 0 N–H and O–H groups in total. The van der Waals surface area contributed by atoms with Crippen LogP contribution in [0.4, 0.5) is 10.3 Å². The molecular weight excluding hydrogens is 399 g/mol. The van der Waals surface area contributed by atoms with Gasteiger partial charge in [0.05, 0.1) is 12.1 Å². The van der Waals surface area contributed by atoms with Gasteiger partial charge in [-0.15, -0.1) is 0 Å². The zero-order chi connectivity index (χ0) is 22.0. The lowest BCUT2D eigenvalue weighted by molar-refractivity contribution is -0.131. The maximum Gasteiger partial charge on any atom is 0.228 e. The van der Waals surface area contributed by atoms with Crippen LogP contribution < -0.4 is 4.90 Å². The number of anilines is 1. The molecule has 8 nitrogen and oxygen atoms in total.